The molecule has 2 aromatic rings. The van der Waals surface area contributed by atoms with Gasteiger partial charge < -0.3 is 14.5 Å². The summed E-state index contributed by atoms with van der Waals surface area (Å²) in [5.41, 5.74) is -0.613. The van der Waals surface area contributed by atoms with E-state index < -0.39 is 11.6 Å². The zero-order valence-corrected chi connectivity index (χ0v) is 13.7. The summed E-state index contributed by atoms with van der Waals surface area (Å²) >= 11 is 0. The van der Waals surface area contributed by atoms with Gasteiger partial charge in [-0.05, 0) is 49.7 Å². The van der Waals surface area contributed by atoms with Crippen molar-refractivity contribution in [3.05, 3.63) is 54.0 Å². The van der Waals surface area contributed by atoms with Crippen LogP contribution < -0.4 is 10.1 Å². The predicted molar refractivity (Wildman–Crippen MR) is 87.6 cm³/mol. The minimum Gasteiger partial charge on any atom is -0.494 e. The lowest BCUT2D eigenvalue weighted by Gasteiger charge is -2.19. The third kappa shape index (κ3) is 3.19. The third-order valence-corrected chi connectivity index (χ3v) is 4.07. The van der Waals surface area contributed by atoms with Gasteiger partial charge in [0.2, 0.25) is 0 Å². The van der Waals surface area contributed by atoms with Gasteiger partial charge in [0.15, 0.2) is 5.54 Å². The van der Waals surface area contributed by atoms with Crippen molar-refractivity contribution in [1.29, 1.82) is 5.26 Å². The topological polar surface area (TPSA) is 95.6 Å². The van der Waals surface area contributed by atoms with E-state index in [1.54, 1.807) is 43.3 Å². The number of imide groups is 1. The number of rotatable bonds is 6. The van der Waals surface area contributed by atoms with Crippen LogP contribution in [0.25, 0.3) is 0 Å². The molecule has 1 aliphatic rings. The number of hydrogen-bond donors (Lipinski definition) is 1. The van der Waals surface area contributed by atoms with E-state index in [1.807, 2.05) is 6.07 Å². The van der Waals surface area contributed by atoms with Gasteiger partial charge in [0.1, 0.15) is 11.5 Å². The van der Waals surface area contributed by atoms with Crippen LogP contribution in [0.15, 0.2) is 47.1 Å². The van der Waals surface area contributed by atoms with Gasteiger partial charge in [-0.1, -0.05) is 0 Å². The molecule has 1 atom stereocenters. The monoisotopic (exact) mass is 339 g/mol. The molecule has 7 nitrogen and oxygen atoms in total. The molecule has 3 amide bonds. The Morgan fingerprint density at radius 3 is 2.68 bits per heavy atom. The largest absolute Gasteiger partial charge is 0.494 e. The molecule has 0 unspecified atom stereocenters. The first-order valence-corrected chi connectivity index (χ1v) is 7.85. The molecule has 0 radical (unpaired) electrons. The van der Waals surface area contributed by atoms with E-state index in [0.717, 1.165) is 0 Å². The summed E-state index contributed by atoms with van der Waals surface area (Å²) in [6.45, 7) is 2.22. The highest BCUT2D eigenvalue weighted by atomic mass is 16.5. The minimum atomic E-state index is -1.17. The number of furan rings is 1. The fourth-order valence-electron chi connectivity index (χ4n) is 2.67. The van der Waals surface area contributed by atoms with Crippen molar-refractivity contribution >= 4 is 11.9 Å². The van der Waals surface area contributed by atoms with Crippen molar-refractivity contribution in [3.63, 3.8) is 0 Å². The molecule has 0 aliphatic carbocycles. The molecule has 1 aromatic carbocycles. The predicted octanol–water partition coefficient (Wildman–Crippen LogP) is 2.39. The second-order valence-electron chi connectivity index (χ2n) is 5.83. The first kappa shape index (κ1) is 16.6. The summed E-state index contributed by atoms with van der Waals surface area (Å²) in [6, 6.07) is 11.7. The first-order valence-electron chi connectivity index (χ1n) is 7.85. The highest BCUT2D eigenvalue weighted by molar-refractivity contribution is 6.06. The van der Waals surface area contributed by atoms with Crippen LogP contribution in [0, 0.1) is 11.3 Å². The van der Waals surface area contributed by atoms with E-state index in [-0.39, 0.29) is 12.5 Å². The van der Waals surface area contributed by atoms with Gasteiger partial charge in [-0.3, -0.25) is 9.69 Å². The smallest absolute Gasteiger partial charge is 0.325 e. The summed E-state index contributed by atoms with van der Waals surface area (Å²) in [4.78, 5) is 25.9. The number of nitrogens with one attached hydrogen (secondary N) is 1. The van der Waals surface area contributed by atoms with Gasteiger partial charge in [-0.15, -0.1) is 0 Å². The van der Waals surface area contributed by atoms with Gasteiger partial charge in [0.25, 0.3) is 5.91 Å². The maximum atomic E-state index is 12.6. The minimum absolute atomic E-state index is 0.247. The molecule has 1 aromatic heterocycles. The molecule has 0 saturated carbocycles. The van der Waals surface area contributed by atoms with Crippen molar-refractivity contribution in [1.82, 2.24) is 10.2 Å². The number of nitriles is 1. The number of ether oxygens (including phenoxy) is 1. The summed E-state index contributed by atoms with van der Waals surface area (Å²) < 4.78 is 10.8. The van der Waals surface area contributed by atoms with E-state index >= 15 is 0 Å². The number of benzene rings is 1. The van der Waals surface area contributed by atoms with Crippen LogP contribution in [0.2, 0.25) is 0 Å². The third-order valence-electron chi connectivity index (χ3n) is 4.07. The summed E-state index contributed by atoms with van der Waals surface area (Å²) in [7, 11) is 0. The van der Waals surface area contributed by atoms with Gasteiger partial charge in [0.05, 0.1) is 24.5 Å². The molecular weight excluding hydrogens is 322 g/mol. The number of hydrogen-bond acceptors (Lipinski definition) is 5. The van der Waals surface area contributed by atoms with Gasteiger partial charge >= 0.3 is 6.03 Å². The number of nitrogens with zero attached hydrogens (tertiary/aromatic N) is 2. The zero-order chi connectivity index (χ0) is 17.9. The van der Waals surface area contributed by atoms with Crippen LogP contribution >= 0.6 is 0 Å². The van der Waals surface area contributed by atoms with E-state index in [1.165, 1.54) is 11.2 Å². The van der Waals surface area contributed by atoms with E-state index in [9.17, 15) is 9.59 Å². The van der Waals surface area contributed by atoms with Crippen LogP contribution in [0.1, 0.15) is 24.7 Å². The fourth-order valence-corrected chi connectivity index (χ4v) is 2.67. The lowest BCUT2D eigenvalue weighted by Crippen LogP contribution is -2.40. The Labute approximate surface area is 144 Å². The average molecular weight is 339 g/mol. The van der Waals surface area contributed by atoms with E-state index in [4.69, 9.17) is 14.4 Å². The summed E-state index contributed by atoms with van der Waals surface area (Å²) in [5, 5.41) is 11.4. The Bertz CT molecular complexity index is 808. The van der Waals surface area contributed by atoms with E-state index in [2.05, 4.69) is 5.32 Å². The molecule has 3 rings (SSSR count). The average Bonchev–Trinajstić information content (AvgIpc) is 3.23. The van der Waals surface area contributed by atoms with Crippen molar-refractivity contribution in [2.24, 2.45) is 0 Å². The Hall–Kier alpha value is -3.27. The molecule has 1 aliphatic heterocycles. The number of carbonyl (C=O) groups is 2. The fraction of sp³-hybridized carbons (Fsp3) is 0.278. The molecule has 0 bridgehead atoms. The molecule has 1 saturated heterocycles. The molecule has 1 N–H and O–H groups in total. The molecule has 7 heteroatoms. The first-order chi connectivity index (χ1) is 12.0. The lowest BCUT2D eigenvalue weighted by molar-refractivity contribution is -0.131. The number of carbonyl (C=O) groups excluding carboxylic acids is 2. The van der Waals surface area contributed by atoms with Gasteiger partial charge in [-0.25, -0.2) is 4.79 Å². The van der Waals surface area contributed by atoms with Crippen LogP contribution in [-0.2, 0) is 10.3 Å². The Balaban J connectivity index is 1.54. The van der Waals surface area contributed by atoms with Gasteiger partial charge in [0, 0.05) is 6.54 Å². The maximum absolute atomic E-state index is 12.6. The molecule has 25 heavy (non-hydrogen) atoms. The molecule has 128 valence electrons. The molecular formula is C18H17N3O4. The van der Waals surface area contributed by atoms with Crippen LogP contribution in [-0.4, -0.2) is 30.0 Å². The second-order valence-corrected chi connectivity index (χ2v) is 5.83. The van der Waals surface area contributed by atoms with Crippen molar-refractivity contribution in [2.45, 2.75) is 18.9 Å². The van der Waals surface area contributed by atoms with Crippen molar-refractivity contribution in [2.75, 3.05) is 13.2 Å². The van der Waals surface area contributed by atoms with Crippen LogP contribution in [0.4, 0.5) is 4.79 Å². The maximum Gasteiger partial charge on any atom is 0.325 e. The Kier molecular flexibility index (Phi) is 4.44. The summed E-state index contributed by atoms with van der Waals surface area (Å²) in [5.74, 6) is 0.699. The lowest BCUT2D eigenvalue weighted by atomic mass is 9.99. The SMILES string of the molecule is C[C@@]1(c2ccco2)NC(=O)N(CCCOc2ccc(C#N)cc2)C1=O. The number of amides is 3. The quantitative estimate of drug-likeness (QED) is 0.644. The Morgan fingerprint density at radius 1 is 1.28 bits per heavy atom. The van der Waals surface area contributed by atoms with E-state index in [0.29, 0.717) is 30.1 Å². The highest BCUT2D eigenvalue weighted by Gasteiger charge is 2.50. The normalized spacial score (nSPS) is 19.6. The standard InChI is InChI=1S/C18H17N3O4/c1-18(15-4-2-10-25-15)16(22)21(17(23)20-18)9-3-11-24-14-7-5-13(12-19)6-8-14/h2,4-8,10H,3,9,11H2,1H3,(H,20,23)/t18-/m0/s1. The van der Waals surface area contributed by atoms with Crippen molar-refractivity contribution in [3.8, 4) is 11.8 Å². The zero-order valence-electron chi connectivity index (χ0n) is 13.7. The van der Waals surface area contributed by atoms with Crippen LogP contribution in [0.3, 0.4) is 0 Å². The highest BCUT2D eigenvalue weighted by Crippen LogP contribution is 2.29. The molecule has 0 spiro atoms. The Morgan fingerprint density at radius 2 is 2.04 bits per heavy atom. The molecule has 1 fully saturated rings. The van der Waals surface area contributed by atoms with Gasteiger partial charge in [-0.2, -0.15) is 5.26 Å². The van der Waals surface area contributed by atoms with Crippen molar-refractivity contribution < 1.29 is 18.7 Å². The number of urea groups is 1. The van der Waals surface area contributed by atoms with Crippen LogP contribution in [0.5, 0.6) is 5.75 Å². The summed E-state index contributed by atoms with van der Waals surface area (Å²) in [6.07, 6.45) is 1.96. The second kappa shape index (κ2) is 6.69. The molecule has 2 heterocycles.